The number of esters is 1. The Morgan fingerprint density at radius 1 is 0.667 bits per heavy atom. The van der Waals surface area contributed by atoms with Crippen LogP contribution in [0.15, 0.2) is 0 Å². The third kappa shape index (κ3) is 14.7. The second-order valence-electron chi connectivity index (χ2n) is 10.4. The molecule has 0 aliphatic heterocycles. The summed E-state index contributed by atoms with van der Waals surface area (Å²) in [6.45, 7) is 4.39. The zero-order chi connectivity index (χ0) is 24.2. The first kappa shape index (κ1) is 30.0. The van der Waals surface area contributed by atoms with Gasteiger partial charge in [0.05, 0.1) is 11.8 Å². The van der Waals surface area contributed by atoms with Gasteiger partial charge in [-0.2, -0.15) is 0 Å². The predicted octanol–water partition coefficient (Wildman–Crippen LogP) is 8.85. The maximum atomic E-state index is 12.7. The highest BCUT2D eigenvalue weighted by Gasteiger charge is 2.37. The number of ether oxygens (including phenoxy) is 1. The normalized spacial score (nSPS) is 19.3. The highest BCUT2D eigenvalue weighted by molar-refractivity contribution is 5.81. The largest absolute Gasteiger partial charge is 0.481 e. The SMILES string of the molecule is CCCCCCCCCCCCCCCCCC(CCC)OC(=O)C1CCCCC1C(=O)O. The van der Waals surface area contributed by atoms with Crippen LogP contribution in [0.25, 0.3) is 0 Å². The van der Waals surface area contributed by atoms with Gasteiger partial charge in [-0.25, -0.2) is 0 Å². The van der Waals surface area contributed by atoms with Gasteiger partial charge in [0.15, 0.2) is 0 Å². The highest BCUT2D eigenvalue weighted by atomic mass is 16.5. The molecule has 0 saturated heterocycles. The summed E-state index contributed by atoms with van der Waals surface area (Å²) in [5, 5.41) is 9.44. The molecule has 33 heavy (non-hydrogen) atoms. The molecule has 0 spiro atoms. The molecule has 0 aromatic carbocycles. The number of unbranched alkanes of at least 4 members (excludes halogenated alkanes) is 14. The average Bonchev–Trinajstić information content (AvgIpc) is 2.81. The van der Waals surface area contributed by atoms with E-state index in [0.29, 0.717) is 12.8 Å². The third-order valence-corrected chi connectivity index (χ3v) is 7.41. The number of aliphatic carboxylic acids is 1. The number of carbonyl (C=O) groups excluding carboxylic acids is 1. The fourth-order valence-electron chi connectivity index (χ4n) is 5.29. The second kappa shape index (κ2) is 20.3. The Hall–Kier alpha value is -1.06. The van der Waals surface area contributed by atoms with Gasteiger partial charge < -0.3 is 9.84 Å². The molecule has 1 aliphatic rings. The third-order valence-electron chi connectivity index (χ3n) is 7.41. The van der Waals surface area contributed by atoms with E-state index in [2.05, 4.69) is 13.8 Å². The van der Waals surface area contributed by atoms with Crippen molar-refractivity contribution in [1.82, 2.24) is 0 Å². The number of hydrogen-bond acceptors (Lipinski definition) is 3. The van der Waals surface area contributed by atoms with Gasteiger partial charge in [0.1, 0.15) is 6.10 Å². The van der Waals surface area contributed by atoms with Crippen LogP contribution in [0.5, 0.6) is 0 Å². The molecule has 1 saturated carbocycles. The monoisotopic (exact) mass is 466 g/mol. The molecule has 0 bridgehead atoms. The molecular formula is C29H54O4. The van der Waals surface area contributed by atoms with Crippen LogP contribution < -0.4 is 0 Å². The van der Waals surface area contributed by atoms with Crippen molar-refractivity contribution in [1.29, 1.82) is 0 Å². The van der Waals surface area contributed by atoms with Crippen LogP contribution in [0.4, 0.5) is 0 Å². The van der Waals surface area contributed by atoms with Crippen molar-refractivity contribution in [3.63, 3.8) is 0 Å². The van der Waals surface area contributed by atoms with E-state index in [9.17, 15) is 14.7 Å². The molecule has 1 rings (SSSR count). The lowest BCUT2D eigenvalue weighted by molar-refractivity contribution is -0.164. The minimum absolute atomic E-state index is 0.0409. The molecule has 0 aromatic heterocycles. The number of carbonyl (C=O) groups is 2. The van der Waals surface area contributed by atoms with Crippen LogP contribution in [0, 0.1) is 11.8 Å². The average molecular weight is 467 g/mol. The van der Waals surface area contributed by atoms with E-state index in [4.69, 9.17) is 4.74 Å². The number of hydrogen-bond donors (Lipinski definition) is 1. The van der Waals surface area contributed by atoms with E-state index in [1.807, 2.05) is 0 Å². The summed E-state index contributed by atoms with van der Waals surface area (Å²) in [7, 11) is 0. The summed E-state index contributed by atoms with van der Waals surface area (Å²) in [4.78, 5) is 24.2. The summed E-state index contributed by atoms with van der Waals surface area (Å²) in [5.41, 5.74) is 0. The van der Waals surface area contributed by atoms with Gasteiger partial charge >= 0.3 is 11.9 Å². The van der Waals surface area contributed by atoms with Crippen LogP contribution in [0.1, 0.15) is 155 Å². The molecule has 3 atom stereocenters. The molecule has 4 nitrogen and oxygen atoms in total. The molecule has 1 fully saturated rings. The second-order valence-corrected chi connectivity index (χ2v) is 10.4. The van der Waals surface area contributed by atoms with Gasteiger partial charge in [0, 0.05) is 0 Å². The molecule has 0 amide bonds. The lowest BCUT2D eigenvalue weighted by Gasteiger charge is -2.28. The summed E-state index contributed by atoms with van der Waals surface area (Å²) < 4.78 is 5.83. The zero-order valence-electron chi connectivity index (χ0n) is 22.0. The van der Waals surface area contributed by atoms with E-state index in [1.54, 1.807) is 0 Å². The summed E-state index contributed by atoms with van der Waals surface area (Å²) in [5.74, 6) is -2.11. The first-order valence-corrected chi connectivity index (χ1v) is 14.5. The maximum absolute atomic E-state index is 12.7. The van der Waals surface area contributed by atoms with Crippen LogP contribution in [-0.4, -0.2) is 23.1 Å². The summed E-state index contributed by atoms with van der Waals surface area (Å²) in [6, 6.07) is 0. The molecule has 1 N–H and O–H groups in total. The summed E-state index contributed by atoms with van der Waals surface area (Å²) >= 11 is 0. The van der Waals surface area contributed by atoms with E-state index in [0.717, 1.165) is 38.5 Å². The summed E-state index contributed by atoms with van der Waals surface area (Å²) in [6.07, 6.45) is 26.1. The molecule has 194 valence electrons. The minimum atomic E-state index is -0.842. The Labute approximate surface area is 204 Å². The maximum Gasteiger partial charge on any atom is 0.310 e. The Morgan fingerprint density at radius 2 is 1.12 bits per heavy atom. The van der Waals surface area contributed by atoms with E-state index in [1.165, 1.54) is 89.9 Å². The van der Waals surface area contributed by atoms with Crippen LogP contribution >= 0.6 is 0 Å². The van der Waals surface area contributed by atoms with Crippen molar-refractivity contribution in [2.24, 2.45) is 11.8 Å². The smallest absolute Gasteiger partial charge is 0.310 e. The van der Waals surface area contributed by atoms with Gasteiger partial charge in [-0.1, -0.05) is 123 Å². The minimum Gasteiger partial charge on any atom is -0.481 e. The van der Waals surface area contributed by atoms with E-state index >= 15 is 0 Å². The Kier molecular flexibility index (Phi) is 18.5. The molecule has 3 unspecified atom stereocenters. The molecule has 0 heterocycles. The topological polar surface area (TPSA) is 63.6 Å². The van der Waals surface area contributed by atoms with Crippen LogP contribution in [0.2, 0.25) is 0 Å². The molecule has 0 radical (unpaired) electrons. The molecular weight excluding hydrogens is 412 g/mol. The van der Waals surface area contributed by atoms with Crippen molar-refractivity contribution in [3.8, 4) is 0 Å². The molecule has 1 aliphatic carbocycles. The first-order chi connectivity index (χ1) is 16.1. The lowest BCUT2D eigenvalue weighted by atomic mass is 9.79. The van der Waals surface area contributed by atoms with Gasteiger partial charge in [-0.3, -0.25) is 9.59 Å². The van der Waals surface area contributed by atoms with Crippen molar-refractivity contribution in [2.75, 3.05) is 0 Å². The van der Waals surface area contributed by atoms with Crippen molar-refractivity contribution in [3.05, 3.63) is 0 Å². The fraction of sp³-hybridized carbons (Fsp3) is 0.931. The van der Waals surface area contributed by atoms with E-state index < -0.39 is 17.8 Å². The highest BCUT2D eigenvalue weighted by Crippen LogP contribution is 2.32. The predicted molar refractivity (Wildman–Crippen MR) is 137 cm³/mol. The standard InChI is InChI=1S/C29H54O4/c1-3-5-6-7-8-9-10-11-12-13-14-15-16-17-18-22-25(21-4-2)33-29(32)27-24-20-19-23-26(27)28(30)31/h25-27H,3-24H2,1-2H3,(H,30,31). The lowest BCUT2D eigenvalue weighted by Crippen LogP contribution is -2.35. The van der Waals surface area contributed by atoms with Gasteiger partial charge in [0.2, 0.25) is 0 Å². The van der Waals surface area contributed by atoms with Crippen LogP contribution in [-0.2, 0) is 14.3 Å². The number of carboxylic acid groups (broad SMARTS) is 1. The Morgan fingerprint density at radius 3 is 1.58 bits per heavy atom. The van der Waals surface area contributed by atoms with Gasteiger partial charge in [-0.05, 0) is 32.1 Å². The molecule has 0 aromatic rings. The van der Waals surface area contributed by atoms with Crippen LogP contribution in [0.3, 0.4) is 0 Å². The molecule has 4 heteroatoms. The quantitative estimate of drug-likeness (QED) is 0.135. The first-order valence-electron chi connectivity index (χ1n) is 14.5. The van der Waals surface area contributed by atoms with E-state index in [-0.39, 0.29) is 12.1 Å². The Balaban J connectivity index is 2.06. The van der Waals surface area contributed by atoms with Gasteiger partial charge in [-0.15, -0.1) is 0 Å². The zero-order valence-corrected chi connectivity index (χ0v) is 22.0. The van der Waals surface area contributed by atoms with Crippen molar-refractivity contribution >= 4 is 11.9 Å². The Bertz CT molecular complexity index is 490. The number of rotatable bonds is 21. The van der Waals surface area contributed by atoms with Gasteiger partial charge in [0.25, 0.3) is 0 Å². The fourth-order valence-corrected chi connectivity index (χ4v) is 5.29. The van der Waals surface area contributed by atoms with Crippen molar-refractivity contribution in [2.45, 2.75) is 161 Å². The van der Waals surface area contributed by atoms with Crippen molar-refractivity contribution < 1.29 is 19.4 Å². The number of carboxylic acids is 1.